The van der Waals surface area contributed by atoms with Crippen molar-refractivity contribution in [2.45, 2.75) is 19.4 Å². The molecule has 4 aromatic rings. The summed E-state index contributed by atoms with van der Waals surface area (Å²) in [5, 5.41) is 12.6. The Labute approximate surface area is 187 Å². The van der Waals surface area contributed by atoms with Crippen molar-refractivity contribution in [1.82, 2.24) is 14.4 Å². The van der Waals surface area contributed by atoms with Crippen molar-refractivity contribution >= 4 is 23.1 Å². The van der Waals surface area contributed by atoms with Gasteiger partial charge in [-0.2, -0.15) is 15.2 Å². The van der Waals surface area contributed by atoms with Gasteiger partial charge in [0, 0.05) is 11.7 Å². The SMILES string of the molecule is CC[C@H](Nc1nc(N)nc(N)c1C#N)c1cc2ccc(F)cn2c(=O)c1-c1cccc(F)c1. The molecule has 1 atom stereocenters. The first-order valence-electron chi connectivity index (χ1n) is 10.0. The zero-order valence-corrected chi connectivity index (χ0v) is 17.5. The van der Waals surface area contributed by atoms with Gasteiger partial charge in [-0.25, -0.2) is 8.78 Å². The minimum absolute atomic E-state index is 0.00883. The average molecular weight is 447 g/mol. The van der Waals surface area contributed by atoms with E-state index in [2.05, 4.69) is 15.3 Å². The zero-order valence-electron chi connectivity index (χ0n) is 17.5. The second-order valence-corrected chi connectivity index (χ2v) is 7.34. The predicted octanol–water partition coefficient (Wildman–Crippen LogP) is 3.63. The molecule has 0 spiro atoms. The molecule has 5 N–H and O–H groups in total. The lowest BCUT2D eigenvalue weighted by molar-refractivity contribution is 0.617. The van der Waals surface area contributed by atoms with Crippen LogP contribution in [0.25, 0.3) is 16.6 Å². The Balaban J connectivity index is 1.97. The van der Waals surface area contributed by atoms with E-state index in [4.69, 9.17) is 11.5 Å². The van der Waals surface area contributed by atoms with E-state index < -0.39 is 23.2 Å². The molecule has 33 heavy (non-hydrogen) atoms. The Kier molecular flexibility index (Phi) is 5.62. The van der Waals surface area contributed by atoms with E-state index in [1.54, 1.807) is 12.1 Å². The van der Waals surface area contributed by atoms with Crippen LogP contribution in [0.1, 0.15) is 30.5 Å². The van der Waals surface area contributed by atoms with Gasteiger partial charge in [-0.1, -0.05) is 19.1 Å². The Morgan fingerprint density at radius 1 is 1.15 bits per heavy atom. The molecule has 3 heterocycles. The van der Waals surface area contributed by atoms with Gasteiger partial charge in [-0.05, 0) is 47.9 Å². The molecule has 166 valence electrons. The highest BCUT2D eigenvalue weighted by Gasteiger charge is 2.23. The number of pyridine rings is 2. The van der Waals surface area contributed by atoms with Crippen LogP contribution in [0.4, 0.5) is 26.4 Å². The first-order chi connectivity index (χ1) is 15.8. The lowest BCUT2D eigenvalue weighted by atomic mass is 9.94. The third-order valence-corrected chi connectivity index (χ3v) is 5.24. The summed E-state index contributed by atoms with van der Waals surface area (Å²) in [6.45, 7) is 1.86. The number of nitrogens with zero attached hydrogens (tertiary/aromatic N) is 4. The molecule has 1 aromatic carbocycles. The van der Waals surface area contributed by atoms with Crippen molar-refractivity contribution in [3.05, 3.63) is 81.8 Å². The van der Waals surface area contributed by atoms with Crippen molar-refractivity contribution in [3.8, 4) is 17.2 Å². The number of hydrogen-bond donors (Lipinski definition) is 3. The summed E-state index contributed by atoms with van der Waals surface area (Å²) in [5.41, 5.74) is 12.5. The van der Waals surface area contributed by atoms with Crippen LogP contribution in [0.5, 0.6) is 0 Å². The summed E-state index contributed by atoms with van der Waals surface area (Å²) in [6, 6.07) is 11.4. The number of anilines is 3. The van der Waals surface area contributed by atoms with Gasteiger partial charge in [0.05, 0.1) is 11.6 Å². The van der Waals surface area contributed by atoms with Crippen molar-refractivity contribution in [2.75, 3.05) is 16.8 Å². The summed E-state index contributed by atoms with van der Waals surface area (Å²) in [4.78, 5) is 21.3. The van der Waals surface area contributed by atoms with Crippen LogP contribution in [-0.2, 0) is 0 Å². The number of nitriles is 1. The molecule has 0 amide bonds. The molecule has 0 saturated heterocycles. The summed E-state index contributed by atoms with van der Waals surface area (Å²) in [6.07, 6.45) is 1.53. The largest absolute Gasteiger partial charge is 0.382 e. The maximum atomic E-state index is 14.0. The number of benzene rings is 1. The Morgan fingerprint density at radius 3 is 2.64 bits per heavy atom. The van der Waals surface area contributed by atoms with Crippen LogP contribution in [0.15, 0.2) is 53.5 Å². The van der Waals surface area contributed by atoms with Crippen molar-refractivity contribution < 1.29 is 8.78 Å². The zero-order chi connectivity index (χ0) is 23.7. The van der Waals surface area contributed by atoms with Gasteiger partial charge in [-0.3, -0.25) is 9.20 Å². The Hall–Kier alpha value is -4.52. The van der Waals surface area contributed by atoms with Gasteiger partial charge in [0.1, 0.15) is 29.1 Å². The fourth-order valence-electron chi connectivity index (χ4n) is 3.74. The lowest BCUT2D eigenvalue weighted by Gasteiger charge is -2.23. The van der Waals surface area contributed by atoms with Crippen LogP contribution in [0, 0.1) is 23.0 Å². The highest BCUT2D eigenvalue weighted by atomic mass is 19.1. The van der Waals surface area contributed by atoms with Crippen molar-refractivity contribution in [1.29, 1.82) is 5.26 Å². The molecule has 3 aromatic heterocycles. The summed E-state index contributed by atoms with van der Waals surface area (Å²) >= 11 is 0. The molecular weight excluding hydrogens is 428 g/mol. The van der Waals surface area contributed by atoms with E-state index >= 15 is 0 Å². The summed E-state index contributed by atoms with van der Waals surface area (Å²) in [5.74, 6) is -1.20. The molecule has 0 unspecified atom stereocenters. The second-order valence-electron chi connectivity index (χ2n) is 7.34. The van der Waals surface area contributed by atoms with Gasteiger partial charge >= 0.3 is 0 Å². The molecule has 10 heteroatoms. The van der Waals surface area contributed by atoms with Gasteiger partial charge in [0.2, 0.25) is 5.95 Å². The van der Waals surface area contributed by atoms with Gasteiger partial charge in [0.25, 0.3) is 5.56 Å². The van der Waals surface area contributed by atoms with Crippen LogP contribution in [0.3, 0.4) is 0 Å². The third-order valence-electron chi connectivity index (χ3n) is 5.24. The number of rotatable bonds is 5. The van der Waals surface area contributed by atoms with Gasteiger partial charge in [0.15, 0.2) is 5.82 Å². The van der Waals surface area contributed by atoms with Gasteiger partial charge in [-0.15, -0.1) is 0 Å². The first kappa shape index (κ1) is 21.7. The number of nitrogens with two attached hydrogens (primary N) is 2. The van der Waals surface area contributed by atoms with Crippen molar-refractivity contribution in [3.63, 3.8) is 0 Å². The quantitative estimate of drug-likeness (QED) is 0.425. The van der Waals surface area contributed by atoms with E-state index in [9.17, 15) is 18.8 Å². The maximum absolute atomic E-state index is 14.0. The number of halogens is 2. The van der Waals surface area contributed by atoms with Gasteiger partial charge < -0.3 is 16.8 Å². The van der Waals surface area contributed by atoms with Crippen LogP contribution < -0.4 is 22.3 Å². The molecule has 4 rings (SSSR count). The highest BCUT2D eigenvalue weighted by Crippen LogP contribution is 2.32. The Bertz CT molecular complexity index is 1480. The molecule has 0 aliphatic carbocycles. The fraction of sp³-hybridized carbons (Fsp3) is 0.130. The number of fused-ring (bicyclic) bond motifs is 1. The van der Waals surface area contributed by atoms with E-state index in [-0.39, 0.29) is 28.7 Å². The third kappa shape index (κ3) is 4.04. The summed E-state index contributed by atoms with van der Waals surface area (Å²) < 4.78 is 29.1. The molecule has 0 saturated carbocycles. The molecular formula is C23H19F2N7O. The minimum Gasteiger partial charge on any atom is -0.382 e. The predicted molar refractivity (Wildman–Crippen MR) is 121 cm³/mol. The highest BCUT2D eigenvalue weighted by molar-refractivity contribution is 5.72. The minimum atomic E-state index is -0.585. The van der Waals surface area contributed by atoms with E-state index in [0.717, 1.165) is 6.20 Å². The molecule has 0 fully saturated rings. The number of nitrogens with one attached hydrogen (secondary N) is 1. The molecule has 0 aliphatic rings. The smallest absolute Gasteiger partial charge is 0.263 e. The van der Waals surface area contributed by atoms with E-state index in [1.165, 1.54) is 34.7 Å². The Morgan fingerprint density at radius 2 is 1.94 bits per heavy atom. The molecule has 0 radical (unpaired) electrons. The van der Waals surface area contributed by atoms with Crippen LogP contribution in [0.2, 0.25) is 0 Å². The molecule has 8 nitrogen and oxygen atoms in total. The first-order valence-corrected chi connectivity index (χ1v) is 10.0. The number of nitrogen functional groups attached to an aromatic ring is 2. The van der Waals surface area contributed by atoms with Crippen LogP contribution in [-0.4, -0.2) is 14.4 Å². The van der Waals surface area contributed by atoms with Crippen molar-refractivity contribution in [2.24, 2.45) is 0 Å². The number of aromatic nitrogens is 3. The van der Waals surface area contributed by atoms with Crippen LogP contribution >= 0.6 is 0 Å². The topological polar surface area (TPSA) is 135 Å². The molecule has 0 bridgehead atoms. The average Bonchev–Trinajstić information content (AvgIpc) is 2.77. The molecule has 0 aliphatic heterocycles. The second kappa shape index (κ2) is 8.55. The fourth-order valence-corrected chi connectivity index (χ4v) is 3.74. The normalized spacial score (nSPS) is 11.8. The van der Waals surface area contributed by atoms with E-state index in [0.29, 0.717) is 23.1 Å². The van der Waals surface area contributed by atoms with E-state index in [1.807, 2.05) is 13.0 Å². The lowest BCUT2D eigenvalue weighted by Crippen LogP contribution is -2.22. The maximum Gasteiger partial charge on any atom is 0.263 e. The standard InChI is InChI=1S/C23H19F2N7O/c1-2-18(29-21-17(10-26)20(27)30-23(28)31-21)16-9-15-7-6-14(25)11-32(15)22(33)19(16)12-4-3-5-13(24)8-12/h3-9,11,18H,2H2,1H3,(H5,27,28,29,30,31)/t18-/m0/s1. The number of hydrogen-bond acceptors (Lipinski definition) is 7. The monoisotopic (exact) mass is 447 g/mol. The summed E-state index contributed by atoms with van der Waals surface area (Å²) in [7, 11) is 0.